The molecule has 0 fully saturated rings. The van der Waals surface area contributed by atoms with Gasteiger partial charge in [0.2, 0.25) is 5.89 Å². The number of nitrogens with zero attached hydrogens (tertiary/aromatic N) is 3. The van der Waals surface area contributed by atoms with Crippen LogP contribution in [0, 0.1) is 6.92 Å². The second-order valence-corrected chi connectivity index (χ2v) is 7.06. The first-order valence-corrected chi connectivity index (χ1v) is 9.49. The zero-order chi connectivity index (χ0) is 19.3. The summed E-state index contributed by atoms with van der Waals surface area (Å²) in [5.74, 6) is 1.29. The van der Waals surface area contributed by atoms with Crippen LogP contribution in [0.1, 0.15) is 41.0 Å². The van der Waals surface area contributed by atoms with Crippen LogP contribution in [0.2, 0.25) is 0 Å². The third-order valence-corrected chi connectivity index (χ3v) is 4.94. The highest BCUT2D eigenvalue weighted by Gasteiger charge is 2.24. The van der Waals surface area contributed by atoms with Crippen molar-refractivity contribution in [1.82, 2.24) is 25.6 Å². The maximum atomic E-state index is 12.7. The summed E-state index contributed by atoms with van der Waals surface area (Å²) >= 11 is 0. The van der Waals surface area contributed by atoms with Crippen LogP contribution >= 0.6 is 0 Å². The molecule has 1 aromatic carbocycles. The predicted octanol–water partition coefficient (Wildman–Crippen LogP) is 2.91. The molecule has 0 saturated heterocycles. The lowest BCUT2D eigenvalue weighted by Gasteiger charge is -2.26. The number of rotatable bonds is 5. The van der Waals surface area contributed by atoms with Gasteiger partial charge in [-0.3, -0.25) is 0 Å². The number of nitrogens with one attached hydrogen (secondary N) is 2. The number of oxazole rings is 1. The molecule has 2 amide bonds. The highest BCUT2D eigenvalue weighted by molar-refractivity contribution is 5.74. The van der Waals surface area contributed by atoms with Crippen LogP contribution in [0.3, 0.4) is 0 Å². The molecule has 2 N–H and O–H groups in total. The lowest BCUT2D eigenvalue weighted by atomic mass is 9.93. The van der Waals surface area contributed by atoms with Gasteiger partial charge in [-0.25, -0.2) is 19.7 Å². The number of carbonyl (C=O) groups excluding carboxylic acids is 1. The van der Waals surface area contributed by atoms with Crippen molar-refractivity contribution in [1.29, 1.82) is 0 Å². The molecule has 2 heterocycles. The Balaban J connectivity index is 1.40. The third-order valence-electron chi connectivity index (χ3n) is 4.94. The minimum atomic E-state index is -0.334. The van der Waals surface area contributed by atoms with Gasteiger partial charge in [-0.1, -0.05) is 30.3 Å². The molecule has 0 bridgehead atoms. The molecular formula is C21H23N5O2. The zero-order valence-electron chi connectivity index (χ0n) is 15.8. The van der Waals surface area contributed by atoms with Gasteiger partial charge in [-0.05, 0) is 37.3 Å². The van der Waals surface area contributed by atoms with Gasteiger partial charge in [-0.15, -0.1) is 0 Å². The lowest BCUT2D eigenvalue weighted by molar-refractivity contribution is 0.229. The molecule has 2 unspecified atom stereocenters. The summed E-state index contributed by atoms with van der Waals surface area (Å²) in [4.78, 5) is 25.6. The van der Waals surface area contributed by atoms with Gasteiger partial charge in [-0.2, -0.15) is 0 Å². The van der Waals surface area contributed by atoms with E-state index in [-0.39, 0.29) is 18.1 Å². The highest BCUT2D eigenvalue weighted by Crippen LogP contribution is 2.20. The number of benzene rings is 1. The van der Waals surface area contributed by atoms with E-state index in [0.717, 1.165) is 41.9 Å². The molecule has 1 aliphatic rings. The molecular weight excluding hydrogens is 354 g/mol. The molecule has 7 heteroatoms. The number of amides is 2. The third kappa shape index (κ3) is 4.36. The van der Waals surface area contributed by atoms with Crippen LogP contribution in [0.15, 0.2) is 53.4 Å². The van der Waals surface area contributed by atoms with Gasteiger partial charge in [0.05, 0.1) is 6.20 Å². The standard InChI is InChI=1S/C21H23N5O2/c1-14-23-13-16-12-17(7-8-18(16)24-14)25-21(27)26-19(20-22-9-10-28-20)11-15-5-3-2-4-6-15/h2-6,9-10,13,17,19H,7-8,11-12H2,1H3,(H2,25,26,27). The first kappa shape index (κ1) is 18.2. The van der Waals surface area contributed by atoms with Crippen LogP contribution in [0.25, 0.3) is 0 Å². The van der Waals surface area contributed by atoms with Crippen LogP contribution in [-0.4, -0.2) is 27.0 Å². The van der Waals surface area contributed by atoms with Crippen molar-refractivity contribution in [2.24, 2.45) is 0 Å². The van der Waals surface area contributed by atoms with E-state index in [9.17, 15) is 4.79 Å². The van der Waals surface area contributed by atoms with E-state index in [4.69, 9.17) is 4.42 Å². The van der Waals surface area contributed by atoms with E-state index in [0.29, 0.717) is 12.3 Å². The largest absolute Gasteiger partial charge is 0.447 e. The van der Waals surface area contributed by atoms with Gasteiger partial charge in [0.15, 0.2) is 0 Å². The fraction of sp³-hybridized carbons (Fsp3) is 0.333. The molecule has 0 saturated carbocycles. The number of hydrogen-bond donors (Lipinski definition) is 2. The fourth-order valence-corrected chi connectivity index (χ4v) is 3.57. The predicted molar refractivity (Wildman–Crippen MR) is 104 cm³/mol. The molecule has 2 atom stereocenters. The van der Waals surface area contributed by atoms with Crippen molar-refractivity contribution in [3.63, 3.8) is 0 Å². The second-order valence-electron chi connectivity index (χ2n) is 7.06. The van der Waals surface area contributed by atoms with E-state index < -0.39 is 0 Å². The molecule has 4 rings (SSSR count). The van der Waals surface area contributed by atoms with Crippen molar-refractivity contribution in [3.8, 4) is 0 Å². The van der Waals surface area contributed by atoms with Crippen LogP contribution in [-0.2, 0) is 19.3 Å². The molecule has 0 spiro atoms. The Kier molecular flexibility index (Phi) is 5.32. The summed E-state index contributed by atoms with van der Waals surface area (Å²) in [6.45, 7) is 1.90. The van der Waals surface area contributed by atoms with E-state index in [1.807, 2.05) is 43.5 Å². The van der Waals surface area contributed by atoms with Crippen LogP contribution < -0.4 is 10.6 Å². The topological polar surface area (TPSA) is 92.9 Å². The van der Waals surface area contributed by atoms with Gasteiger partial charge in [0, 0.05) is 24.4 Å². The Morgan fingerprint density at radius 3 is 2.93 bits per heavy atom. The number of aryl methyl sites for hydroxylation is 2. The average molecular weight is 377 g/mol. The Labute approximate surface area is 163 Å². The monoisotopic (exact) mass is 377 g/mol. The summed E-state index contributed by atoms with van der Waals surface area (Å²) in [6, 6.07) is 9.47. The summed E-state index contributed by atoms with van der Waals surface area (Å²) in [6.07, 6.45) is 8.03. The smallest absolute Gasteiger partial charge is 0.315 e. The number of aromatic nitrogens is 3. The number of urea groups is 1. The Morgan fingerprint density at radius 2 is 2.14 bits per heavy atom. The average Bonchev–Trinajstić information content (AvgIpc) is 3.23. The van der Waals surface area contributed by atoms with Crippen LogP contribution in [0.4, 0.5) is 4.79 Å². The maximum absolute atomic E-state index is 12.7. The van der Waals surface area contributed by atoms with Crippen molar-refractivity contribution < 1.29 is 9.21 Å². The molecule has 28 heavy (non-hydrogen) atoms. The first-order chi connectivity index (χ1) is 13.7. The van der Waals surface area contributed by atoms with Gasteiger partial charge < -0.3 is 15.1 Å². The molecule has 7 nitrogen and oxygen atoms in total. The number of fused-ring (bicyclic) bond motifs is 1. The van der Waals surface area contributed by atoms with Crippen molar-refractivity contribution in [3.05, 3.63) is 77.5 Å². The number of carbonyl (C=O) groups is 1. The highest BCUT2D eigenvalue weighted by atomic mass is 16.3. The molecule has 0 radical (unpaired) electrons. The maximum Gasteiger partial charge on any atom is 0.315 e. The Morgan fingerprint density at radius 1 is 1.29 bits per heavy atom. The quantitative estimate of drug-likeness (QED) is 0.713. The first-order valence-electron chi connectivity index (χ1n) is 9.49. The van der Waals surface area contributed by atoms with Gasteiger partial charge >= 0.3 is 6.03 Å². The molecule has 2 aromatic heterocycles. The molecule has 144 valence electrons. The van der Waals surface area contributed by atoms with E-state index in [1.54, 1.807) is 6.20 Å². The Hall–Kier alpha value is -3.22. The summed E-state index contributed by atoms with van der Waals surface area (Å²) in [5.41, 5.74) is 3.30. The van der Waals surface area contributed by atoms with E-state index in [2.05, 4.69) is 25.6 Å². The SMILES string of the molecule is Cc1ncc2c(n1)CCC(NC(=O)NC(Cc1ccccc1)c1ncco1)C2. The minimum absolute atomic E-state index is 0.0562. The minimum Gasteiger partial charge on any atom is -0.447 e. The summed E-state index contributed by atoms with van der Waals surface area (Å²) in [7, 11) is 0. The Bertz CT molecular complexity index is 927. The normalized spacial score (nSPS) is 16.8. The van der Waals surface area contributed by atoms with Gasteiger partial charge in [0.25, 0.3) is 0 Å². The number of hydrogen-bond acceptors (Lipinski definition) is 5. The van der Waals surface area contributed by atoms with Crippen molar-refractivity contribution in [2.75, 3.05) is 0 Å². The fourth-order valence-electron chi connectivity index (χ4n) is 3.57. The van der Waals surface area contributed by atoms with E-state index >= 15 is 0 Å². The van der Waals surface area contributed by atoms with E-state index in [1.165, 1.54) is 6.26 Å². The molecule has 1 aliphatic carbocycles. The second kappa shape index (κ2) is 8.21. The van der Waals surface area contributed by atoms with Crippen LogP contribution in [0.5, 0.6) is 0 Å². The van der Waals surface area contributed by atoms with Crippen molar-refractivity contribution >= 4 is 6.03 Å². The summed E-state index contributed by atoms with van der Waals surface area (Å²) in [5, 5.41) is 6.09. The zero-order valence-corrected chi connectivity index (χ0v) is 15.8. The summed E-state index contributed by atoms with van der Waals surface area (Å²) < 4.78 is 5.45. The van der Waals surface area contributed by atoms with Gasteiger partial charge in [0.1, 0.15) is 18.1 Å². The lowest BCUT2D eigenvalue weighted by Crippen LogP contribution is -2.46. The molecule has 0 aliphatic heterocycles. The van der Waals surface area contributed by atoms with Crippen molar-refractivity contribution in [2.45, 2.75) is 44.7 Å². The molecule has 3 aromatic rings.